The van der Waals surface area contributed by atoms with Crippen molar-refractivity contribution in [2.75, 3.05) is 25.0 Å². The van der Waals surface area contributed by atoms with E-state index in [4.69, 9.17) is 5.73 Å². The van der Waals surface area contributed by atoms with E-state index in [2.05, 4.69) is 15.6 Å². The van der Waals surface area contributed by atoms with Crippen molar-refractivity contribution in [3.63, 3.8) is 0 Å². The van der Waals surface area contributed by atoms with Crippen LogP contribution in [0.25, 0.3) is 0 Å². The molecule has 0 saturated carbocycles. The highest BCUT2D eigenvalue weighted by atomic mass is 16.1. The normalized spacial score (nSPS) is 19.6. The number of aromatic nitrogens is 1. The lowest BCUT2D eigenvalue weighted by Gasteiger charge is -2.10. The predicted molar refractivity (Wildman–Crippen MR) is 62.2 cm³/mol. The molecule has 86 valence electrons. The van der Waals surface area contributed by atoms with Gasteiger partial charge in [-0.2, -0.15) is 0 Å². The first kappa shape index (κ1) is 10.9. The maximum absolute atomic E-state index is 10.8. The second-order valence-electron chi connectivity index (χ2n) is 4.04. The van der Waals surface area contributed by atoms with Gasteiger partial charge in [-0.15, -0.1) is 0 Å². The standard InChI is InChI=1S/C11H16N4O/c12-11(16)9-1-2-10(15-7-9)14-6-8-3-4-13-5-8/h1-2,7-8,13H,3-6H2,(H2,12,16)(H,14,15). The van der Waals surface area contributed by atoms with Crippen LogP contribution in [-0.2, 0) is 0 Å². The average molecular weight is 220 g/mol. The van der Waals surface area contributed by atoms with Gasteiger partial charge < -0.3 is 16.4 Å². The van der Waals surface area contributed by atoms with Crippen LogP contribution in [0.2, 0.25) is 0 Å². The van der Waals surface area contributed by atoms with Crippen LogP contribution in [-0.4, -0.2) is 30.5 Å². The minimum Gasteiger partial charge on any atom is -0.370 e. The maximum Gasteiger partial charge on any atom is 0.250 e. The molecule has 1 aromatic rings. The number of amides is 1. The van der Waals surface area contributed by atoms with Crippen LogP contribution in [0, 0.1) is 5.92 Å². The van der Waals surface area contributed by atoms with E-state index in [0.717, 1.165) is 25.5 Å². The number of hydrogen-bond acceptors (Lipinski definition) is 4. The third kappa shape index (κ3) is 2.70. The van der Waals surface area contributed by atoms with Gasteiger partial charge in [0.1, 0.15) is 5.82 Å². The highest BCUT2D eigenvalue weighted by molar-refractivity contribution is 5.92. The first-order valence-electron chi connectivity index (χ1n) is 5.46. The van der Waals surface area contributed by atoms with Crippen LogP contribution >= 0.6 is 0 Å². The largest absolute Gasteiger partial charge is 0.370 e. The molecule has 5 heteroatoms. The second kappa shape index (κ2) is 4.94. The molecule has 1 aliphatic rings. The number of carbonyl (C=O) groups is 1. The van der Waals surface area contributed by atoms with Crippen LogP contribution in [0.4, 0.5) is 5.82 Å². The van der Waals surface area contributed by atoms with Crippen LogP contribution in [0.1, 0.15) is 16.8 Å². The zero-order valence-corrected chi connectivity index (χ0v) is 9.07. The van der Waals surface area contributed by atoms with Gasteiger partial charge in [-0.25, -0.2) is 4.98 Å². The summed E-state index contributed by atoms with van der Waals surface area (Å²) in [5, 5.41) is 6.56. The average Bonchev–Trinajstić information content (AvgIpc) is 2.80. The molecule has 2 heterocycles. The van der Waals surface area contributed by atoms with E-state index in [1.54, 1.807) is 12.1 Å². The molecule has 1 atom stereocenters. The van der Waals surface area contributed by atoms with E-state index in [0.29, 0.717) is 11.5 Å². The predicted octanol–water partition coefficient (Wildman–Crippen LogP) is 0.202. The van der Waals surface area contributed by atoms with Gasteiger partial charge in [0.05, 0.1) is 5.56 Å². The molecule has 1 aromatic heterocycles. The maximum atomic E-state index is 10.8. The second-order valence-corrected chi connectivity index (χ2v) is 4.04. The zero-order chi connectivity index (χ0) is 11.4. The number of carbonyl (C=O) groups excluding carboxylic acids is 1. The summed E-state index contributed by atoms with van der Waals surface area (Å²) in [6.45, 7) is 3.07. The number of rotatable bonds is 4. The Labute approximate surface area is 94.4 Å². The van der Waals surface area contributed by atoms with Crippen molar-refractivity contribution in [3.8, 4) is 0 Å². The summed E-state index contributed by atoms with van der Waals surface area (Å²) in [6, 6.07) is 3.47. The van der Waals surface area contributed by atoms with Crippen LogP contribution < -0.4 is 16.4 Å². The van der Waals surface area contributed by atoms with Crippen molar-refractivity contribution in [1.29, 1.82) is 0 Å². The van der Waals surface area contributed by atoms with Crippen molar-refractivity contribution in [2.45, 2.75) is 6.42 Å². The summed E-state index contributed by atoms with van der Waals surface area (Å²) in [5.74, 6) is 1.01. The molecule has 1 saturated heterocycles. The Balaban J connectivity index is 1.87. The number of hydrogen-bond donors (Lipinski definition) is 3. The summed E-state index contributed by atoms with van der Waals surface area (Å²) >= 11 is 0. The fourth-order valence-corrected chi connectivity index (χ4v) is 1.78. The molecule has 4 N–H and O–H groups in total. The van der Waals surface area contributed by atoms with Gasteiger partial charge in [-0.3, -0.25) is 4.79 Å². The van der Waals surface area contributed by atoms with Crippen molar-refractivity contribution in [3.05, 3.63) is 23.9 Å². The summed E-state index contributed by atoms with van der Waals surface area (Å²) in [7, 11) is 0. The lowest BCUT2D eigenvalue weighted by molar-refractivity contribution is 0.1000. The lowest BCUT2D eigenvalue weighted by Crippen LogP contribution is -2.18. The lowest BCUT2D eigenvalue weighted by atomic mass is 10.1. The Morgan fingerprint density at radius 3 is 3.06 bits per heavy atom. The van der Waals surface area contributed by atoms with E-state index >= 15 is 0 Å². The molecular weight excluding hydrogens is 204 g/mol. The van der Waals surface area contributed by atoms with Gasteiger partial charge >= 0.3 is 0 Å². The third-order valence-corrected chi connectivity index (χ3v) is 2.78. The van der Waals surface area contributed by atoms with Crippen molar-refractivity contribution in [2.24, 2.45) is 11.7 Å². The van der Waals surface area contributed by atoms with Gasteiger partial charge in [0.15, 0.2) is 0 Å². The molecule has 16 heavy (non-hydrogen) atoms. The van der Waals surface area contributed by atoms with Crippen molar-refractivity contribution >= 4 is 11.7 Å². The molecule has 5 nitrogen and oxygen atoms in total. The Hall–Kier alpha value is -1.62. The Morgan fingerprint density at radius 1 is 1.62 bits per heavy atom. The number of nitrogens with one attached hydrogen (secondary N) is 2. The molecule has 1 fully saturated rings. The first-order chi connectivity index (χ1) is 7.75. The molecule has 0 aromatic carbocycles. The summed E-state index contributed by atoms with van der Waals surface area (Å²) in [5.41, 5.74) is 5.57. The van der Waals surface area contributed by atoms with Crippen molar-refractivity contribution < 1.29 is 4.79 Å². The molecular formula is C11H16N4O. The Kier molecular flexibility index (Phi) is 3.36. The summed E-state index contributed by atoms with van der Waals surface area (Å²) in [6.07, 6.45) is 2.70. The Morgan fingerprint density at radius 2 is 2.50 bits per heavy atom. The number of anilines is 1. The number of pyridine rings is 1. The van der Waals surface area contributed by atoms with Crippen LogP contribution in [0.5, 0.6) is 0 Å². The fraction of sp³-hybridized carbons (Fsp3) is 0.455. The molecule has 0 radical (unpaired) electrons. The summed E-state index contributed by atoms with van der Waals surface area (Å²) in [4.78, 5) is 15.0. The van der Waals surface area contributed by atoms with Gasteiger partial charge in [-0.1, -0.05) is 0 Å². The van der Waals surface area contributed by atoms with Crippen LogP contribution in [0.15, 0.2) is 18.3 Å². The minimum absolute atomic E-state index is 0.438. The molecule has 0 bridgehead atoms. The topological polar surface area (TPSA) is 80.0 Å². The number of nitrogens with zero attached hydrogens (tertiary/aromatic N) is 1. The fourth-order valence-electron chi connectivity index (χ4n) is 1.78. The monoisotopic (exact) mass is 220 g/mol. The Bertz CT molecular complexity index is 357. The van der Waals surface area contributed by atoms with E-state index in [9.17, 15) is 4.79 Å². The van der Waals surface area contributed by atoms with E-state index < -0.39 is 5.91 Å². The minimum atomic E-state index is -0.445. The molecule has 0 aliphatic carbocycles. The van der Waals surface area contributed by atoms with Crippen molar-refractivity contribution in [1.82, 2.24) is 10.3 Å². The highest BCUT2D eigenvalue weighted by Gasteiger charge is 2.13. The molecule has 1 unspecified atom stereocenters. The SMILES string of the molecule is NC(=O)c1ccc(NCC2CCNC2)nc1. The zero-order valence-electron chi connectivity index (χ0n) is 9.07. The van der Waals surface area contributed by atoms with E-state index in [1.165, 1.54) is 12.6 Å². The molecule has 0 spiro atoms. The quantitative estimate of drug-likeness (QED) is 0.677. The third-order valence-electron chi connectivity index (χ3n) is 2.78. The summed E-state index contributed by atoms with van der Waals surface area (Å²) < 4.78 is 0. The first-order valence-corrected chi connectivity index (χ1v) is 5.46. The van der Waals surface area contributed by atoms with E-state index in [1.807, 2.05) is 0 Å². The molecule has 1 amide bonds. The van der Waals surface area contributed by atoms with Gasteiger partial charge in [0, 0.05) is 12.7 Å². The van der Waals surface area contributed by atoms with E-state index in [-0.39, 0.29) is 0 Å². The smallest absolute Gasteiger partial charge is 0.250 e. The van der Waals surface area contributed by atoms with Gasteiger partial charge in [0.25, 0.3) is 0 Å². The van der Waals surface area contributed by atoms with Gasteiger partial charge in [-0.05, 0) is 37.6 Å². The highest BCUT2D eigenvalue weighted by Crippen LogP contribution is 2.10. The van der Waals surface area contributed by atoms with Crippen LogP contribution in [0.3, 0.4) is 0 Å². The number of primary amides is 1. The molecule has 2 rings (SSSR count). The van der Waals surface area contributed by atoms with Gasteiger partial charge in [0.2, 0.25) is 5.91 Å². The molecule has 1 aliphatic heterocycles. The number of nitrogens with two attached hydrogens (primary N) is 1.